The van der Waals surface area contributed by atoms with Crippen molar-refractivity contribution in [1.82, 2.24) is 5.32 Å². The van der Waals surface area contributed by atoms with Gasteiger partial charge in [-0.1, -0.05) is 19.9 Å². The lowest BCUT2D eigenvalue weighted by Crippen LogP contribution is -2.34. The summed E-state index contributed by atoms with van der Waals surface area (Å²) in [6, 6.07) is 4.71. The highest BCUT2D eigenvalue weighted by Gasteiger charge is 2.25. The number of nitro benzene ring substituents is 1. The fraction of sp³-hybridized carbons (Fsp3) is 0.533. The average Bonchev–Trinajstić information content (AvgIpc) is 2.37. The van der Waals surface area contributed by atoms with Crippen LogP contribution in [0.2, 0.25) is 0 Å². The second-order valence-corrected chi connectivity index (χ2v) is 5.49. The van der Waals surface area contributed by atoms with Crippen molar-refractivity contribution in [2.45, 2.75) is 40.2 Å². The molecular weight excluding hydrogens is 270 g/mol. The normalized spacial score (nSPS) is 12.0. The maximum absolute atomic E-state index is 12.3. The van der Waals surface area contributed by atoms with Crippen LogP contribution in [0.25, 0.3) is 0 Å². The van der Waals surface area contributed by atoms with Gasteiger partial charge in [-0.25, -0.2) is 0 Å². The standard InChI is InChI=1S/C15H23N3O3/c1-5-16-13-8-6-7-12(14(13)18(20)21)15(19)17-11(4)9-10(2)3/h6-8,10-11,16H,5,9H2,1-4H3,(H,17,19). The third-order valence-corrected chi connectivity index (χ3v) is 3.03. The van der Waals surface area contributed by atoms with Gasteiger partial charge in [0.25, 0.3) is 5.91 Å². The van der Waals surface area contributed by atoms with E-state index in [-0.39, 0.29) is 17.3 Å². The second kappa shape index (κ2) is 7.61. The second-order valence-electron chi connectivity index (χ2n) is 5.49. The van der Waals surface area contributed by atoms with Crippen molar-refractivity contribution in [3.05, 3.63) is 33.9 Å². The third kappa shape index (κ3) is 4.73. The molecule has 0 bridgehead atoms. The Balaban J connectivity index is 3.03. The minimum absolute atomic E-state index is 0.0279. The summed E-state index contributed by atoms with van der Waals surface area (Å²) in [5.41, 5.74) is 0.286. The van der Waals surface area contributed by atoms with Crippen molar-refractivity contribution < 1.29 is 9.72 Å². The summed E-state index contributed by atoms with van der Waals surface area (Å²) in [6.45, 7) is 8.43. The lowest BCUT2D eigenvalue weighted by atomic mass is 10.0. The lowest BCUT2D eigenvalue weighted by molar-refractivity contribution is -0.384. The molecule has 0 saturated heterocycles. The Morgan fingerprint density at radius 1 is 1.33 bits per heavy atom. The summed E-state index contributed by atoms with van der Waals surface area (Å²) < 4.78 is 0. The molecule has 1 rings (SSSR count). The summed E-state index contributed by atoms with van der Waals surface area (Å²) in [4.78, 5) is 23.0. The minimum Gasteiger partial charge on any atom is -0.380 e. The van der Waals surface area contributed by atoms with Crippen LogP contribution in [0.15, 0.2) is 18.2 Å². The van der Waals surface area contributed by atoms with E-state index < -0.39 is 10.8 Å². The molecule has 0 aromatic heterocycles. The number of nitrogens with one attached hydrogen (secondary N) is 2. The molecule has 6 nitrogen and oxygen atoms in total. The Labute approximate surface area is 125 Å². The molecule has 0 aliphatic rings. The number of amides is 1. The molecule has 0 spiro atoms. The number of anilines is 1. The van der Waals surface area contributed by atoms with Crippen LogP contribution >= 0.6 is 0 Å². The Kier molecular flexibility index (Phi) is 6.14. The summed E-state index contributed by atoms with van der Waals surface area (Å²) in [6.07, 6.45) is 0.826. The van der Waals surface area contributed by atoms with Gasteiger partial charge < -0.3 is 10.6 Å². The van der Waals surface area contributed by atoms with Crippen molar-refractivity contribution in [1.29, 1.82) is 0 Å². The van der Waals surface area contributed by atoms with E-state index in [4.69, 9.17) is 0 Å². The smallest absolute Gasteiger partial charge is 0.305 e. The molecule has 1 aromatic rings. The van der Waals surface area contributed by atoms with E-state index in [0.717, 1.165) is 6.42 Å². The molecule has 0 fully saturated rings. The predicted octanol–water partition coefficient (Wildman–Crippen LogP) is 3.19. The van der Waals surface area contributed by atoms with Gasteiger partial charge >= 0.3 is 5.69 Å². The fourth-order valence-electron chi connectivity index (χ4n) is 2.32. The maximum atomic E-state index is 12.3. The maximum Gasteiger partial charge on any atom is 0.305 e. The zero-order valence-electron chi connectivity index (χ0n) is 13.0. The highest BCUT2D eigenvalue weighted by Crippen LogP contribution is 2.28. The summed E-state index contributed by atoms with van der Waals surface area (Å²) in [5, 5.41) is 17.0. The van der Waals surface area contributed by atoms with E-state index in [1.807, 2.05) is 13.8 Å². The third-order valence-electron chi connectivity index (χ3n) is 3.03. The van der Waals surface area contributed by atoms with Crippen LogP contribution < -0.4 is 10.6 Å². The number of hydrogen-bond acceptors (Lipinski definition) is 4. The Morgan fingerprint density at radius 3 is 2.52 bits per heavy atom. The number of para-hydroxylation sites is 1. The fourth-order valence-corrected chi connectivity index (χ4v) is 2.32. The van der Waals surface area contributed by atoms with E-state index in [2.05, 4.69) is 24.5 Å². The monoisotopic (exact) mass is 293 g/mol. The number of benzene rings is 1. The number of nitrogens with zero attached hydrogens (tertiary/aromatic N) is 1. The first-order valence-corrected chi connectivity index (χ1v) is 7.18. The van der Waals surface area contributed by atoms with Crippen LogP contribution in [0.3, 0.4) is 0 Å². The molecule has 1 atom stereocenters. The van der Waals surface area contributed by atoms with Crippen LogP contribution in [-0.4, -0.2) is 23.4 Å². The van der Waals surface area contributed by atoms with Crippen LogP contribution in [0, 0.1) is 16.0 Å². The van der Waals surface area contributed by atoms with Gasteiger partial charge in [-0.15, -0.1) is 0 Å². The molecule has 0 heterocycles. The quantitative estimate of drug-likeness (QED) is 0.597. The zero-order chi connectivity index (χ0) is 16.0. The minimum atomic E-state index is -0.514. The topological polar surface area (TPSA) is 84.3 Å². The number of nitro groups is 1. The van der Waals surface area contributed by atoms with Crippen LogP contribution in [0.5, 0.6) is 0 Å². The first-order valence-electron chi connectivity index (χ1n) is 7.18. The van der Waals surface area contributed by atoms with Gasteiger partial charge in [0.05, 0.1) is 4.92 Å². The molecule has 6 heteroatoms. The van der Waals surface area contributed by atoms with Crippen molar-refractivity contribution in [3.63, 3.8) is 0 Å². The summed E-state index contributed by atoms with van der Waals surface area (Å²) >= 11 is 0. The highest BCUT2D eigenvalue weighted by molar-refractivity contribution is 6.00. The van der Waals surface area contributed by atoms with Crippen molar-refractivity contribution in [3.8, 4) is 0 Å². The van der Waals surface area contributed by atoms with E-state index in [0.29, 0.717) is 18.2 Å². The van der Waals surface area contributed by atoms with Gasteiger partial charge in [0.1, 0.15) is 11.3 Å². The molecule has 1 aromatic carbocycles. The molecule has 0 aliphatic heterocycles. The average molecular weight is 293 g/mol. The lowest BCUT2D eigenvalue weighted by Gasteiger charge is -2.16. The molecule has 116 valence electrons. The van der Waals surface area contributed by atoms with Gasteiger partial charge in [-0.05, 0) is 38.3 Å². The number of hydrogen-bond donors (Lipinski definition) is 2. The SMILES string of the molecule is CCNc1cccc(C(=O)NC(C)CC(C)C)c1[N+](=O)[O-]. The van der Waals surface area contributed by atoms with Crippen LogP contribution in [0.1, 0.15) is 44.5 Å². The Hall–Kier alpha value is -2.11. The van der Waals surface area contributed by atoms with Crippen molar-refractivity contribution in [2.75, 3.05) is 11.9 Å². The van der Waals surface area contributed by atoms with E-state index in [1.165, 1.54) is 6.07 Å². The van der Waals surface area contributed by atoms with Crippen molar-refractivity contribution in [2.24, 2.45) is 5.92 Å². The molecule has 1 unspecified atom stereocenters. The largest absolute Gasteiger partial charge is 0.380 e. The molecule has 21 heavy (non-hydrogen) atoms. The number of carbonyl (C=O) groups excluding carboxylic acids is 1. The van der Waals surface area contributed by atoms with Crippen LogP contribution in [-0.2, 0) is 0 Å². The van der Waals surface area contributed by atoms with Crippen molar-refractivity contribution >= 4 is 17.3 Å². The molecule has 0 radical (unpaired) electrons. The first-order chi connectivity index (χ1) is 9.86. The van der Waals surface area contributed by atoms with E-state index in [9.17, 15) is 14.9 Å². The molecule has 0 saturated carbocycles. The highest BCUT2D eigenvalue weighted by atomic mass is 16.6. The van der Waals surface area contributed by atoms with Gasteiger partial charge in [-0.3, -0.25) is 14.9 Å². The van der Waals surface area contributed by atoms with Gasteiger partial charge in [0, 0.05) is 12.6 Å². The van der Waals surface area contributed by atoms with Gasteiger partial charge in [-0.2, -0.15) is 0 Å². The molecular formula is C15H23N3O3. The molecule has 2 N–H and O–H groups in total. The summed E-state index contributed by atoms with van der Waals surface area (Å²) in [5.74, 6) is 0.0398. The van der Waals surface area contributed by atoms with E-state index >= 15 is 0 Å². The molecule has 1 amide bonds. The van der Waals surface area contributed by atoms with Crippen LogP contribution in [0.4, 0.5) is 11.4 Å². The van der Waals surface area contributed by atoms with Gasteiger partial charge in [0.15, 0.2) is 0 Å². The van der Waals surface area contributed by atoms with E-state index in [1.54, 1.807) is 12.1 Å². The van der Waals surface area contributed by atoms with Gasteiger partial charge in [0.2, 0.25) is 0 Å². The zero-order valence-corrected chi connectivity index (χ0v) is 13.0. The Morgan fingerprint density at radius 2 is 2.00 bits per heavy atom. The molecule has 0 aliphatic carbocycles. The predicted molar refractivity (Wildman–Crippen MR) is 83.6 cm³/mol. The number of rotatable bonds is 7. The number of carbonyl (C=O) groups is 1. The Bertz CT molecular complexity index is 515. The first kappa shape index (κ1) is 16.9. The summed E-state index contributed by atoms with van der Waals surface area (Å²) in [7, 11) is 0.